The maximum absolute atomic E-state index is 12.0. The molecule has 0 fully saturated rings. The van der Waals surface area contributed by atoms with Crippen molar-refractivity contribution in [2.24, 2.45) is 11.0 Å². The summed E-state index contributed by atoms with van der Waals surface area (Å²) in [4.78, 5) is 28.3. The molecule has 26 heavy (non-hydrogen) atoms. The summed E-state index contributed by atoms with van der Waals surface area (Å²) in [6.45, 7) is 1.98. The Kier molecular flexibility index (Phi) is 7.17. The van der Waals surface area contributed by atoms with E-state index < -0.39 is 0 Å². The van der Waals surface area contributed by atoms with Crippen molar-refractivity contribution in [2.45, 2.75) is 18.2 Å². The summed E-state index contributed by atoms with van der Waals surface area (Å²) in [7, 11) is 0. The standard InChI is InChI=1S/C18H18N4O2S.ClH/c1-12-10-16(23)21-22-18(12)13-2-4-14(5-3-13)20-17(24)11-25-15-6-8-19-9-7-15;/h2-9,12H,10-11H2,1H3,(H,20,24)(H,21,23);1H. The van der Waals surface area contributed by atoms with Crippen LogP contribution < -0.4 is 10.7 Å². The van der Waals surface area contributed by atoms with E-state index in [0.29, 0.717) is 12.2 Å². The van der Waals surface area contributed by atoms with Gasteiger partial charge in [-0.3, -0.25) is 14.6 Å². The van der Waals surface area contributed by atoms with Gasteiger partial charge in [0.05, 0.1) is 11.5 Å². The SMILES string of the molecule is CC1CC(=O)NN=C1c1ccc(NC(=O)CSc2ccncc2)cc1.Cl. The van der Waals surface area contributed by atoms with Crippen LogP contribution in [0.25, 0.3) is 0 Å². The molecule has 1 atom stereocenters. The van der Waals surface area contributed by atoms with Gasteiger partial charge in [-0.05, 0) is 29.8 Å². The van der Waals surface area contributed by atoms with E-state index in [1.165, 1.54) is 11.8 Å². The Morgan fingerprint density at radius 1 is 1.23 bits per heavy atom. The van der Waals surface area contributed by atoms with E-state index in [1.807, 2.05) is 43.3 Å². The van der Waals surface area contributed by atoms with Crippen molar-refractivity contribution in [3.63, 3.8) is 0 Å². The van der Waals surface area contributed by atoms with Gasteiger partial charge in [-0.15, -0.1) is 24.2 Å². The van der Waals surface area contributed by atoms with Gasteiger partial charge >= 0.3 is 0 Å². The summed E-state index contributed by atoms with van der Waals surface area (Å²) in [6.07, 6.45) is 3.84. The highest BCUT2D eigenvalue weighted by molar-refractivity contribution is 8.00. The fraction of sp³-hybridized carbons (Fsp3) is 0.222. The molecule has 1 aliphatic rings. The number of benzene rings is 1. The summed E-state index contributed by atoms with van der Waals surface area (Å²) in [5.41, 5.74) is 5.04. The molecule has 2 aromatic rings. The zero-order valence-corrected chi connectivity index (χ0v) is 15.8. The van der Waals surface area contributed by atoms with Crippen molar-refractivity contribution in [3.8, 4) is 0 Å². The van der Waals surface area contributed by atoms with Gasteiger partial charge in [0.15, 0.2) is 0 Å². The first-order valence-electron chi connectivity index (χ1n) is 7.91. The summed E-state index contributed by atoms with van der Waals surface area (Å²) in [5, 5.41) is 7.01. The lowest BCUT2D eigenvalue weighted by molar-refractivity contribution is -0.122. The van der Waals surface area contributed by atoms with Crippen LogP contribution in [0.5, 0.6) is 0 Å². The van der Waals surface area contributed by atoms with E-state index >= 15 is 0 Å². The van der Waals surface area contributed by atoms with Crippen LogP contribution in [0.1, 0.15) is 18.9 Å². The van der Waals surface area contributed by atoms with Crippen molar-refractivity contribution in [3.05, 3.63) is 54.4 Å². The van der Waals surface area contributed by atoms with Crippen molar-refractivity contribution >= 4 is 47.4 Å². The lowest BCUT2D eigenvalue weighted by atomic mass is 9.94. The molecule has 0 bridgehead atoms. The number of rotatable bonds is 5. The van der Waals surface area contributed by atoms with Crippen molar-refractivity contribution in [1.29, 1.82) is 0 Å². The zero-order chi connectivity index (χ0) is 17.6. The van der Waals surface area contributed by atoms with Crippen LogP contribution in [0.2, 0.25) is 0 Å². The molecule has 0 spiro atoms. The number of amides is 2. The predicted molar refractivity (Wildman–Crippen MR) is 106 cm³/mol. The molecule has 3 rings (SSSR count). The van der Waals surface area contributed by atoms with Gasteiger partial charge in [-0.25, -0.2) is 5.43 Å². The number of hydrogen-bond acceptors (Lipinski definition) is 5. The molecule has 8 heteroatoms. The lowest BCUT2D eigenvalue weighted by Gasteiger charge is -2.19. The second kappa shape index (κ2) is 9.35. The van der Waals surface area contributed by atoms with E-state index in [2.05, 4.69) is 20.8 Å². The Hall–Kier alpha value is -2.38. The number of carbonyl (C=O) groups excluding carboxylic acids is 2. The Morgan fingerprint density at radius 2 is 1.92 bits per heavy atom. The van der Waals surface area contributed by atoms with Gasteiger partial charge in [0.1, 0.15) is 0 Å². The summed E-state index contributed by atoms with van der Waals surface area (Å²) in [6, 6.07) is 11.2. The molecule has 0 saturated heterocycles. The molecule has 0 saturated carbocycles. The average molecular weight is 391 g/mol. The molecule has 1 aromatic heterocycles. The summed E-state index contributed by atoms with van der Waals surface area (Å²) >= 11 is 1.46. The molecule has 1 aromatic carbocycles. The number of thioether (sulfide) groups is 1. The number of carbonyl (C=O) groups is 2. The monoisotopic (exact) mass is 390 g/mol. The molecular weight excluding hydrogens is 372 g/mol. The number of hydrogen-bond donors (Lipinski definition) is 2. The van der Waals surface area contributed by atoms with Crippen LogP contribution in [0.15, 0.2) is 58.8 Å². The molecule has 2 N–H and O–H groups in total. The van der Waals surface area contributed by atoms with Crippen LogP contribution in [0.4, 0.5) is 5.69 Å². The van der Waals surface area contributed by atoms with Crippen molar-refractivity contribution in [1.82, 2.24) is 10.4 Å². The minimum Gasteiger partial charge on any atom is -0.325 e. The highest BCUT2D eigenvalue weighted by atomic mass is 35.5. The molecular formula is C18H19ClN4O2S. The van der Waals surface area contributed by atoms with E-state index in [-0.39, 0.29) is 30.1 Å². The van der Waals surface area contributed by atoms with Crippen LogP contribution >= 0.6 is 24.2 Å². The predicted octanol–water partition coefficient (Wildman–Crippen LogP) is 3.09. The summed E-state index contributed by atoms with van der Waals surface area (Å²) < 4.78 is 0. The van der Waals surface area contributed by atoms with Crippen molar-refractivity contribution in [2.75, 3.05) is 11.1 Å². The number of hydrazone groups is 1. The zero-order valence-electron chi connectivity index (χ0n) is 14.1. The maximum Gasteiger partial charge on any atom is 0.240 e. The van der Waals surface area contributed by atoms with E-state index in [0.717, 1.165) is 21.9 Å². The highest BCUT2D eigenvalue weighted by Gasteiger charge is 2.21. The number of anilines is 1. The third-order valence-electron chi connectivity index (χ3n) is 3.74. The minimum absolute atomic E-state index is 0. The van der Waals surface area contributed by atoms with Gasteiger partial charge in [-0.2, -0.15) is 5.10 Å². The van der Waals surface area contributed by atoms with Gasteiger partial charge in [0.25, 0.3) is 0 Å². The quantitative estimate of drug-likeness (QED) is 0.768. The topological polar surface area (TPSA) is 83.5 Å². The van der Waals surface area contributed by atoms with Crippen LogP contribution in [0.3, 0.4) is 0 Å². The lowest BCUT2D eigenvalue weighted by Crippen LogP contribution is -2.31. The molecule has 0 aliphatic carbocycles. The summed E-state index contributed by atoms with van der Waals surface area (Å²) in [5.74, 6) is 0.282. The van der Waals surface area contributed by atoms with Gasteiger partial charge in [-0.1, -0.05) is 19.1 Å². The molecule has 1 aliphatic heterocycles. The third-order valence-corrected chi connectivity index (χ3v) is 4.76. The van der Waals surface area contributed by atoms with Gasteiger partial charge in [0.2, 0.25) is 11.8 Å². The molecule has 136 valence electrons. The highest BCUT2D eigenvalue weighted by Crippen LogP contribution is 2.19. The fourth-order valence-corrected chi connectivity index (χ4v) is 3.19. The van der Waals surface area contributed by atoms with E-state index in [4.69, 9.17) is 0 Å². The number of nitrogens with one attached hydrogen (secondary N) is 2. The second-order valence-corrected chi connectivity index (χ2v) is 6.78. The van der Waals surface area contributed by atoms with Gasteiger partial charge < -0.3 is 5.32 Å². The first-order chi connectivity index (χ1) is 12.1. The third kappa shape index (κ3) is 5.31. The van der Waals surface area contributed by atoms with E-state index in [9.17, 15) is 9.59 Å². The first kappa shape index (κ1) is 19.9. The smallest absolute Gasteiger partial charge is 0.240 e. The Balaban J connectivity index is 0.00000243. The molecule has 6 nitrogen and oxygen atoms in total. The molecule has 2 heterocycles. The Morgan fingerprint density at radius 3 is 2.58 bits per heavy atom. The maximum atomic E-state index is 12.0. The average Bonchev–Trinajstić information content (AvgIpc) is 2.62. The minimum atomic E-state index is -0.0646. The van der Waals surface area contributed by atoms with Gasteiger partial charge in [0, 0.05) is 35.3 Å². The van der Waals surface area contributed by atoms with E-state index in [1.54, 1.807) is 12.4 Å². The van der Waals surface area contributed by atoms with Crippen LogP contribution in [-0.2, 0) is 9.59 Å². The number of halogens is 1. The largest absolute Gasteiger partial charge is 0.325 e. The fourth-order valence-electron chi connectivity index (χ4n) is 2.51. The first-order valence-corrected chi connectivity index (χ1v) is 8.90. The van der Waals surface area contributed by atoms with Crippen LogP contribution in [-0.4, -0.2) is 28.3 Å². The second-order valence-electron chi connectivity index (χ2n) is 5.73. The normalized spacial score (nSPS) is 16.1. The number of nitrogens with zero attached hydrogens (tertiary/aromatic N) is 2. The Labute approximate surface area is 162 Å². The Bertz CT molecular complexity index is 797. The van der Waals surface area contributed by atoms with Crippen LogP contribution in [0, 0.1) is 5.92 Å². The number of aromatic nitrogens is 1. The molecule has 0 radical (unpaired) electrons. The molecule has 2 amide bonds. The molecule has 1 unspecified atom stereocenters. The number of pyridine rings is 1. The van der Waals surface area contributed by atoms with Crippen molar-refractivity contribution < 1.29 is 9.59 Å².